The number of rotatable bonds is 7. The van der Waals surface area contributed by atoms with Gasteiger partial charge in [0.25, 0.3) is 0 Å². The molecule has 9 heteroatoms. The van der Waals surface area contributed by atoms with Gasteiger partial charge in [0.2, 0.25) is 5.91 Å². The lowest BCUT2D eigenvalue weighted by atomic mass is 10.2. The molecule has 0 bridgehead atoms. The summed E-state index contributed by atoms with van der Waals surface area (Å²) in [6, 6.07) is 17.3. The maximum atomic E-state index is 12.2. The van der Waals surface area contributed by atoms with Gasteiger partial charge in [-0.05, 0) is 50.2 Å². The van der Waals surface area contributed by atoms with E-state index in [2.05, 4.69) is 20.7 Å². The maximum absolute atomic E-state index is 12.2. The van der Waals surface area contributed by atoms with Gasteiger partial charge in [-0.1, -0.05) is 46.2 Å². The molecule has 4 aromatic rings. The van der Waals surface area contributed by atoms with Crippen LogP contribution in [0.15, 0.2) is 64.3 Å². The van der Waals surface area contributed by atoms with Crippen LogP contribution in [0.2, 0.25) is 5.02 Å². The minimum Gasteiger partial charge on any atom is -0.360 e. The van der Waals surface area contributed by atoms with Gasteiger partial charge in [-0.15, -0.1) is 10.2 Å². The van der Waals surface area contributed by atoms with Gasteiger partial charge in [-0.2, -0.15) is 0 Å². The fourth-order valence-corrected chi connectivity index (χ4v) is 3.96. The molecule has 7 nitrogen and oxygen atoms in total. The molecule has 4 rings (SSSR count). The predicted octanol–water partition coefficient (Wildman–Crippen LogP) is 5.31. The Bertz CT molecular complexity index is 1190. The molecule has 0 radical (unpaired) electrons. The first-order valence-corrected chi connectivity index (χ1v) is 11.0. The fraction of sp³-hybridized carbons (Fsp3) is 0.182. The van der Waals surface area contributed by atoms with E-state index >= 15 is 0 Å². The first-order chi connectivity index (χ1) is 15.0. The molecular weight excluding hydrogens is 434 g/mol. The van der Waals surface area contributed by atoms with E-state index in [1.165, 1.54) is 17.3 Å². The van der Waals surface area contributed by atoms with Crippen LogP contribution in [-0.4, -0.2) is 31.6 Å². The first kappa shape index (κ1) is 21.1. The van der Waals surface area contributed by atoms with Gasteiger partial charge in [-0.25, -0.2) is 0 Å². The number of aromatic nitrogens is 4. The van der Waals surface area contributed by atoms with Crippen LogP contribution in [0.1, 0.15) is 17.7 Å². The molecule has 0 aliphatic heterocycles. The van der Waals surface area contributed by atoms with Crippen LogP contribution in [0, 0.1) is 13.8 Å². The van der Waals surface area contributed by atoms with Gasteiger partial charge in [-0.3, -0.25) is 9.36 Å². The topological polar surface area (TPSA) is 85.8 Å². The average Bonchev–Trinajstić information content (AvgIpc) is 3.35. The first-order valence-electron chi connectivity index (χ1n) is 9.64. The standard InChI is InChI=1S/C22H20ClN5O2S/c1-14-3-9-18(10-4-14)28-21(16-5-7-17(23)8-6-16)25-26-22(28)31-12-11-20(29)24-19-13-15(2)30-27-19/h3-10,13H,11-12H2,1-2H3,(H,24,27,29). The quantitative estimate of drug-likeness (QED) is 0.381. The highest BCUT2D eigenvalue weighted by Crippen LogP contribution is 2.29. The molecule has 1 N–H and O–H groups in total. The van der Waals surface area contributed by atoms with Crippen molar-refractivity contribution in [2.45, 2.75) is 25.4 Å². The third-order valence-electron chi connectivity index (χ3n) is 4.48. The van der Waals surface area contributed by atoms with Crippen molar-refractivity contribution in [3.63, 3.8) is 0 Å². The Morgan fingerprint density at radius 1 is 1.10 bits per heavy atom. The number of carbonyl (C=O) groups excluding carboxylic acids is 1. The molecule has 2 aromatic carbocycles. The number of thioether (sulfide) groups is 1. The molecule has 158 valence electrons. The van der Waals surface area contributed by atoms with Crippen LogP contribution in [0.4, 0.5) is 5.82 Å². The number of nitrogens with one attached hydrogen (secondary N) is 1. The van der Waals surface area contributed by atoms with E-state index in [1.807, 2.05) is 60.0 Å². The molecule has 0 aliphatic rings. The second-order valence-electron chi connectivity index (χ2n) is 6.95. The molecule has 1 amide bonds. The summed E-state index contributed by atoms with van der Waals surface area (Å²) in [7, 11) is 0. The normalized spacial score (nSPS) is 10.9. The highest BCUT2D eigenvalue weighted by Gasteiger charge is 2.17. The van der Waals surface area contributed by atoms with E-state index in [0.717, 1.165) is 11.3 Å². The molecule has 0 saturated heterocycles. The summed E-state index contributed by atoms with van der Waals surface area (Å²) in [6.45, 7) is 3.81. The number of carbonyl (C=O) groups is 1. The van der Waals surface area contributed by atoms with Gasteiger partial charge in [0.05, 0.1) is 0 Å². The number of aryl methyl sites for hydroxylation is 2. The zero-order chi connectivity index (χ0) is 21.8. The summed E-state index contributed by atoms with van der Waals surface area (Å²) >= 11 is 7.51. The van der Waals surface area contributed by atoms with Crippen LogP contribution >= 0.6 is 23.4 Å². The lowest BCUT2D eigenvalue weighted by molar-refractivity contribution is -0.115. The summed E-state index contributed by atoms with van der Waals surface area (Å²) in [5.74, 6) is 2.17. The van der Waals surface area contributed by atoms with Crippen LogP contribution in [0.3, 0.4) is 0 Å². The van der Waals surface area contributed by atoms with Crippen molar-refractivity contribution in [3.8, 4) is 17.1 Å². The summed E-state index contributed by atoms with van der Waals surface area (Å²) < 4.78 is 6.96. The Kier molecular flexibility index (Phi) is 6.39. The third-order valence-corrected chi connectivity index (χ3v) is 5.67. The number of anilines is 1. The Morgan fingerprint density at radius 3 is 2.52 bits per heavy atom. The summed E-state index contributed by atoms with van der Waals surface area (Å²) in [5, 5.41) is 16.7. The minimum absolute atomic E-state index is 0.139. The van der Waals surface area contributed by atoms with Crippen molar-refractivity contribution >= 4 is 35.1 Å². The molecule has 2 aromatic heterocycles. The van der Waals surface area contributed by atoms with Crippen molar-refractivity contribution in [1.82, 2.24) is 19.9 Å². The SMILES string of the molecule is Cc1ccc(-n2c(SCCC(=O)Nc3cc(C)on3)nnc2-c2ccc(Cl)cc2)cc1. The van der Waals surface area contributed by atoms with Gasteiger partial charge in [0.1, 0.15) is 5.76 Å². The van der Waals surface area contributed by atoms with E-state index in [9.17, 15) is 4.79 Å². The zero-order valence-corrected chi connectivity index (χ0v) is 18.6. The number of nitrogens with zero attached hydrogens (tertiary/aromatic N) is 4. The number of amides is 1. The largest absolute Gasteiger partial charge is 0.360 e. The Morgan fingerprint density at radius 2 is 1.84 bits per heavy atom. The molecule has 0 saturated carbocycles. The molecular formula is C22H20ClN5O2S. The molecule has 0 unspecified atom stereocenters. The van der Waals surface area contributed by atoms with E-state index in [1.54, 1.807) is 13.0 Å². The number of hydrogen-bond acceptors (Lipinski definition) is 6. The van der Waals surface area contributed by atoms with Crippen LogP contribution < -0.4 is 5.32 Å². The highest BCUT2D eigenvalue weighted by atomic mass is 35.5. The maximum Gasteiger partial charge on any atom is 0.226 e. The molecule has 0 spiro atoms. The Hall–Kier alpha value is -3.10. The van der Waals surface area contributed by atoms with Crippen LogP contribution in [0.25, 0.3) is 17.1 Å². The van der Waals surface area contributed by atoms with Crippen molar-refractivity contribution in [1.29, 1.82) is 0 Å². The summed E-state index contributed by atoms with van der Waals surface area (Å²) in [6.07, 6.45) is 0.299. The van der Waals surface area contributed by atoms with Crippen molar-refractivity contribution < 1.29 is 9.32 Å². The molecule has 0 atom stereocenters. The fourth-order valence-electron chi connectivity index (χ4n) is 2.94. The molecule has 0 aliphatic carbocycles. The molecule has 2 heterocycles. The molecule has 31 heavy (non-hydrogen) atoms. The van der Waals surface area contributed by atoms with Crippen molar-refractivity contribution in [2.24, 2.45) is 0 Å². The lowest BCUT2D eigenvalue weighted by Gasteiger charge is -2.11. The second kappa shape index (κ2) is 9.36. The summed E-state index contributed by atoms with van der Waals surface area (Å²) in [5.41, 5.74) is 3.02. The smallest absolute Gasteiger partial charge is 0.226 e. The van der Waals surface area contributed by atoms with Crippen LogP contribution in [0.5, 0.6) is 0 Å². The van der Waals surface area contributed by atoms with E-state index in [0.29, 0.717) is 39.8 Å². The van der Waals surface area contributed by atoms with E-state index in [-0.39, 0.29) is 5.91 Å². The molecule has 0 fully saturated rings. The number of hydrogen-bond donors (Lipinski definition) is 1. The van der Waals surface area contributed by atoms with Gasteiger partial charge in [0, 0.05) is 34.5 Å². The van der Waals surface area contributed by atoms with Gasteiger partial charge >= 0.3 is 0 Å². The Labute approximate surface area is 188 Å². The minimum atomic E-state index is -0.139. The van der Waals surface area contributed by atoms with E-state index < -0.39 is 0 Å². The van der Waals surface area contributed by atoms with Crippen LogP contribution in [-0.2, 0) is 4.79 Å². The third kappa shape index (κ3) is 5.15. The lowest BCUT2D eigenvalue weighted by Crippen LogP contribution is -2.12. The predicted molar refractivity (Wildman–Crippen MR) is 122 cm³/mol. The summed E-state index contributed by atoms with van der Waals surface area (Å²) in [4.78, 5) is 12.2. The average molecular weight is 454 g/mol. The van der Waals surface area contributed by atoms with Gasteiger partial charge < -0.3 is 9.84 Å². The zero-order valence-electron chi connectivity index (χ0n) is 17.0. The Balaban J connectivity index is 1.53. The monoisotopic (exact) mass is 453 g/mol. The number of halogens is 1. The second-order valence-corrected chi connectivity index (χ2v) is 8.45. The van der Waals surface area contributed by atoms with Crippen molar-refractivity contribution in [3.05, 3.63) is 70.9 Å². The highest BCUT2D eigenvalue weighted by molar-refractivity contribution is 7.99. The van der Waals surface area contributed by atoms with Gasteiger partial charge in [0.15, 0.2) is 16.8 Å². The number of benzene rings is 2. The van der Waals surface area contributed by atoms with E-state index in [4.69, 9.17) is 16.1 Å². The van der Waals surface area contributed by atoms with Crippen molar-refractivity contribution in [2.75, 3.05) is 11.1 Å².